The number of fused-ring (bicyclic) bond motifs is 1. The number of nitrogens with zero attached hydrogens (tertiary/aromatic N) is 2. The van der Waals surface area contributed by atoms with Gasteiger partial charge in [0.05, 0.1) is 6.10 Å². The Balaban J connectivity index is 1.28. The molecule has 24 heavy (non-hydrogen) atoms. The number of hydrogen-bond acceptors (Lipinski definition) is 3. The molecule has 4 heteroatoms. The van der Waals surface area contributed by atoms with Crippen molar-refractivity contribution in [2.75, 3.05) is 32.7 Å². The molecular weight excluding hydrogens is 300 g/mol. The Kier molecular flexibility index (Phi) is 5.14. The van der Waals surface area contributed by atoms with Crippen LogP contribution in [0.3, 0.4) is 0 Å². The Bertz CT molecular complexity index is 441. The maximum atomic E-state index is 12.8. The molecule has 4 rings (SSSR count). The average Bonchev–Trinajstić information content (AvgIpc) is 3.24. The van der Waals surface area contributed by atoms with Crippen molar-refractivity contribution in [3.8, 4) is 0 Å². The maximum Gasteiger partial charge on any atom is 0.251 e. The quantitative estimate of drug-likeness (QED) is 0.795. The summed E-state index contributed by atoms with van der Waals surface area (Å²) in [7, 11) is 0. The first kappa shape index (κ1) is 16.8. The Morgan fingerprint density at radius 3 is 2.54 bits per heavy atom. The Morgan fingerprint density at radius 2 is 1.79 bits per heavy atom. The number of carbonyl (C=O) groups excluding carboxylic acids is 1. The van der Waals surface area contributed by atoms with Crippen LogP contribution in [0.15, 0.2) is 0 Å². The van der Waals surface area contributed by atoms with Gasteiger partial charge in [0, 0.05) is 26.2 Å². The number of hydrogen-bond donors (Lipinski definition) is 0. The molecule has 3 aliphatic heterocycles. The van der Waals surface area contributed by atoms with Crippen LogP contribution in [0.2, 0.25) is 0 Å². The molecule has 0 spiro atoms. The molecule has 4 fully saturated rings. The van der Waals surface area contributed by atoms with E-state index in [-0.39, 0.29) is 12.0 Å². The molecule has 4 aliphatic rings. The van der Waals surface area contributed by atoms with E-state index in [2.05, 4.69) is 16.7 Å². The van der Waals surface area contributed by atoms with Crippen molar-refractivity contribution in [2.45, 2.75) is 70.5 Å². The minimum Gasteiger partial charge on any atom is -0.364 e. The minimum absolute atomic E-state index is 0.153. The van der Waals surface area contributed by atoms with E-state index in [1.165, 1.54) is 45.2 Å². The molecule has 3 heterocycles. The van der Waals surface area contributed by atoms with Crippen LogP contribution < -0.4 is 0 Å². The van der Waals surface area contributed by atoms with Crippen LogP contribution in [-0.4, -0.2) is 60.6 Å². The van der Waals surface area contributed by atoms with Gasteiger partial charge in [0.15, 0.2) is 0 Å². The minimum atomic E-state index is -0.153. The highest BCUT2D eigenvalue weighted by atomic mass is 16.5. The first-order chi connectivity index (χ1) is 11.7. The average molecular weight is 335 g/mol. The summed E-state index contributed by atoms with van der Waals surface area (Å²) in [4.78, 5) is 17.5. The molecule has 0 bridgehead atoms. The first-order valence-corrected chi connectivity index (χ1v) is 10.4. The number of rotatable bonds is 3. The van der Waals surface area contributed by atoms with Gasteiger partial charge in [-0.25, -0.2) is 0 Å². The Morgan fingerprint density at radius 1 is 1.04 bits per heavy atom. The smallest absolute Gasteiger partial charge is 0.251 e. The number of ether oxygens (including phenoxy) is 1. The molecule has 0 radical (unpaired) electrons. The molecule has 1 saturated carbocycles. The fourth-order valence-corrected chi connectivity index (χ4v) is 5.31. The zero-order chi connectivity index (χ0) is 16.5. The Labute approximate surface area is 146 Å². The normalized spacial score (nSPS) is 36.2. The van der Waals surface area contributed by atoms with Crippen molar-refractivity contribution in [1.29, 1.82) is 0 Å². The van der Waals surface area contributed by atoms with E-state index >= 15 is 0 Å². The standard InChI is InChI=1S/C20H34N2O2/c1-15-6-10-22(11-7-15)20(23)18-12-17-8-9-21(14-19(17)24-18)13-16-4-2-3-5-16/h15-19H,2-14H2,1H3/t17-,18+,19+/m0/s1. The van der Waals surface area contributed by atoms with Gasteiger partial charge in [0.2, 0.25) is 0 Å². The Hall–Kier alpha value is -0.610. The second-order valence-electron chi connectivity index (χ2n) is 8.87. The van der Waals surface area contributed by atoms with Gasteiger partial charge in [-0.3, -0.25) is 4.79 Å². The highest BCUT2D eigenvalue weighted by Gasteiger charge is 2.43. The van der Waals surface area contributed by atoms with E-state index < -0.39 is 0 Å². The molecule has 0 unspecified atom stereocenters. The molecule has 4 nitrogen and oxygen atoms in total. The highest BCUT2D eigenvalue weighted by molar-refractivity contribution is 5.81. The topological polar surface area (TPSA) is 32.8 Å². The van der Waals surface area contributed by atoms with Gasteiger partial charge in [0.1, 0.15) is 6.10 Å². The summed E-state index contributed by atoms with van der Waals surface area (Å²) in [6, 6.07) is 0. The van der Waals surface area contributed by atoms with E-state index in [0.29, 0.717) is 12.0 Å². The monoisotopic (exact) mass is 334 g/mol. The third kappa shape index (κ3) is 3.65. The lowest BCUT2D eigenvalue weighted by atomic mass is 9.90. The highest BCUT2D eigenvalue weighted by Crippen LogP contribution is 2.35. The first-order valence-electron chi connectivity index (χ1n) is 10.4. The van der Waals surface area contributed by atoms with Gasteiger partial charge in [-0.2, -0.15) is 0 Å². The van der Waals surface area contributed by atoms with Crippen molar-refractivity contribution in [3.63, 3.8) is 0 Å². The van der Waals surface area contributed by atoms with Crippen molar-refractivity contribution >= 4 is 5.91 Å². The zero-order valence-electron chi connectivity index (χ0n) is 15.3. The fraction of sp³-hybridized carbons (Fsp3) is 0.950. The second-order valence-corrected chi connectivity index (χ2v) is 8.87. The van der Waals surface area contributed by atoms with Crippen LogP contribution in [0, 0.1) is 17.8 Å². The van der Waals surface area contributed by atoms with Crippen LogP contribution in [0.5, 0.6) is 0 Å². The van der Waals surface area contributed by atoms with E-state index in [1.54, 1.807) is 0 Å². The van der Waals surface area contributed by atoms with E-state index in [9.17, 15) is 4.79 Å². The van der Waals surface area contributed by atoms with E-state index in [1.807, 2.05) is 0 Å². The predicted octanol–water partition coefficient (Wildman–Crippen LogP) is 2.91. The fourth-order valence-electron chi connectivity index (χ4n) is 5.31. The van der Waals surface area contributed by atoms with Crippen LogP contribution in [-0.2, 0) is 9.53 Å². The lowest BCUT2D eigenvalue weighted by Gasteiger charge is -2.35. The van der Waals surface area contributed by atoms with Crippen LogP contribution in [0.1, 0.15) is 58.3 Å². The predicted molar refractivity (Wildman–Crippen MR) is 94.8 cm³/mol. The molecular formula is C20H34N2O2. The van der Waals surface area contributed by atoms with E-state index in [4.69, 9.17) is 4.74 Å². The lowest BCUT2D eigenvalue weighted by molar-refractivity contribution is -0.145. The third-order valence-corrected chi connectivity index (χ3v) is 7.00. The summed E-state index contributed by atoms with van der Waals surface area (Å²) >= 11 is 0. The van der Waals surface area contributed by atoms with Gasteiger partial charge >= 0.3 is 0 Å². The van der Waals surface area contributed by atoms with Gasteiger partial charge < -0.3 is 14.5 Å². The number of amides is 1. The molecule has 0 aromatic heterocycles. The van der Waals surface area contributed by atoms with Gasteiger partial charge in [0.25, 0.3) is 5.91 Å². The molecule has 1 aliphatic carbocycles. The summed E-state index contributed by atoms with van der Waals surface area (Å²) < 4.78 is 6.27. The maximum absolute atomic E-state index is 12.8. The third-order valence-electron chi connectivity index (χ3n) is 7.00. The SMILES string of the molecule is CC1CCN(C(=O)[C@H]2C[C@@H]3CCN(CC4CCCC4)C[C@H]3O2)CC1. The van der Waals surface area contributed by atoms with Crippen LogP contribution in [0.4, 0.5) is 0 Å². The zero-order valence-corrected chi connectivity index (χ0v) is 15.3. The summed E-state index contributed by atoms with van der Waals surface area (Å²) in [6.45, 7) is 7.69. The van der Waals surface area contributed by atoms with Crippen molar-refractivity contribution in [2.24, 2.45) is 17.8 Å². The van der Waals surface area contributed by atoms with E-state index in [0.717, 1.165) is 50.7 Å². The molecule has 1 amide bonds. The molecule has 0 aromatic carbocycles. The molecule has 0 aromatic rings. The second kappa shape index (κ2) is 7.33. The largest absolute Gasteiger partial charge is 0.364 e. The lowest BCUT2D eigenvalue weighted by Crippen LogP contribution is -2.45. The van der Waals surface area contributed by atoms with Crippen LogP contribution in [0.25, 0.3) is 0 Å². The summed E-state index contributed by atoms with van der Waals surface area (Å²) in [6.07, 6.45) is 10.3. The molecule has 3 atom stereocenters. The van der Waals surface area contributed by atoms with Crippen LogP contribution >= 0.6 is 0 Å². The van der Waals surface area contributed by atoms with Gasteiger partial charge in [-0.15, -0.1) is 0 Å². The van der Waals surface area contributed by atoms with Crippen molar-refractivity contribution < 1.29 is 9.53 Å². The molecule has 3 saturated heterocycles. The molecule has 0 N–H and O–H groups in total. The summed E-state index contributed by atoms with van der Waals surface area (Å²) in [5.74, 6) is 2.57. The molecule has 136 valence electrons. The number of piperidine rings is 2. The van der Waals surface area contributed by atoms with Crippen molar-refractivity contribution in [3.05, 3.63) is 0 Å². The number of carbonyl (C=O) groups is 1. The van der Waals surface area contributed by atoms with Gasteiger partial charge in [-0.05, 0) is 62.8 Å². The van der Waals surface area contributed by atoms with Crippen molar-refractivity contribution in [1.82, 2.24) is 9.80 Å². The summed E-state index contributed by atoms with van der Waals surface area (Å²) in [5.41, 5.74) is 0. The number of likely N-dealkylation sites (tertiary alicyclic amines) is 2. The summed E-state index contributed by atoms with van der Waals surface area (Å²) in [5, 5.41) is 0. The van der Waals surface area contributed by atoms with Gasteiger partial charge in [-0.1, -0.05) is 19.8 Å².